The standard InChI is InChI=1S/2C30H29N3.Fe/c2*1-22-18-23(2)28(24(3)19-22)33-21-32(20-27-16-10-11-17-31-27)29(25-12-6-4-7-13-25)30(33)26-14-8-5-9-15-26;/h2*4-21,29-30H,1-3H3;/q2*-2;+4/b2*27-20-;/t2*29-,30-;/m11./s1. The van der Waals surface area contributed by atoms with E-state index in [1.54, 1.807) is 0 Å². The summed E-state index contributed by atoms with van der Waals surface area (Å²) in [5.41, 5.74) is 17.3. The Balaban J connectivity index is 0.000000179. The van der Waals surface area contributed by atoms with Crippen molar-refractivity contribution in [2.45, 2.75) is 65.7 Å². The average Bonchev–Trinajstić information content (AvgIpc) is 3.88. The smallest absolute Gasteiger partial charge is 0.663 e. The Morgan fingerprint density at radius 2 is 0.701 bits per heavy atom. The van der Waals surface area contributed by atoms with E-state index in [2.05, 4.69) is 255 Å². The number of hydrogen-bond acceptors (Lipinski definition) is 4. The number of rotatable bonds is 8. The van der Waals surface area contributed by atoms with E-state index in [0.29, 0.717) is 0 Å². The molecule has 2 saturated heterocycles. The Hall–Kier alpha value is -6.92. The molecule has 0 radical (unpaired) electrons. The Morgan fingerprint density at radius 1 is 0.403 bits per heavy atom. The zero-order chi connectivity index (χ0) is 45.6. The van der Waals surface area contributed by atoms with E-state index in [9.17, 15) is 0 Å². The van der Waals surface area contributed by atoms with Crippen molar-refractivity contribution >= 4 is 11.4 Å². The molecule has 0 aliphatic carbocycles. The number of nitrogens with zero attached hydrogens (tertiary/aromatic N) is 6. The van der Waals surface area contributed by atoms with Crippen molar-refractivity contribution in [3.8, 4) is 0 Å². The molecule has 4 atom stereocenters. The number of allylic oxidation sites excluding steroid dienone is 6. The van der Waals surface area contributed by atoms with Crippen LogP contribution in [0.3, 0.4) is 0 Å². The molecule has 6 aromatic carbocycles. The molecule has 6 nitrogen and oxygen atoms in total. The van der Waals surface area contributed by atoms with Crippen LogP contribution in [0, 0.1) is 54.9 Å². The molecule has 4 heterocycles. The van der Waals surface area contributed by atoms with Gasteiger partial charge in [0.15, 0.2) is 0 Å². The van der Waals surface area contributed by atoms with Gasteiger partial charge < -0.3 is 30.2 Å². The Kier molecular flexibility index (Phi) is 14.7. The van der Waals surface area contributed by atoms with Crippen molar-refractivity contribution in [3.05, 3.63) is 298 Å². The summed E-state index contributed by atoms with van der Waals surface area (Å²) >= 11 is 0. The van der Waals surface area contributed by atoms with Gasteiger partial charge in [0, 0.05) is 23.5 Å². The van der Waals surface area contributed by atoms with Gasteiger partial charge in [-0.15, -0.1) is 11.4 Å². The average molecular weight is 919 g/mol. The molecular formula is C60H58FeN6. The Morgan fingerprint density at radius 3 is 0.985 bits per heavy atom. The predicted octanol–water partition coefficient (Wildman–Crippen LogP) is 15.3. The third-order valence-corrected chi connectivity index (χ3v) is 12.6. The van der Waals surface area contributed by atoms with E-state index in [1.165, 1.54) is 67.0 Å². The summed E-state index contributed by atoms with van der Waals surface area (Å²) in [6, 6.07) is 52.8. The van der Waals surface area contributed by atoms with Crippen LogP contribution in [0.25, 0.3) is 10.6 Å². The summed E-state index contributed by atoms with van der Waals surface area (Å²) in [4.78, 5) is 9.56. The monoisotopic (exact) mass is 918 g/mol. The Bertz CT molecular complexity index is 2570. The molecule has 0 unspecified atom stereocenters. The van der Waals surface area contributed by atoms with Gasteiger partial charge in [0.2, 0.25) is 0 Å². The van der Waals surface area contributed by atoms with Crippen molar-refractivity contribution < 1.29 is 17.1 Å². The van der Waals surface area contributed by atoms with E-state index >= 15 is 0 Å². The van der Waals surface area contributed by atoms with Gasteiger partial charge >= 0.3 is 17.1 Å². The van der Waals surface area contributed by atoms with Crippen LogP contribution in [0.5, 0.6) is 0 Å². The first-order chi connectivity index (χ1) is 32.2. The molecule has 0 spiro atoms. The van der Waals surface area contributed by atoms with E-state index in [0.717, 1.165) is 11.4 Å². The number of hydrogen-bond donors (Lipinski definition) is 0. The van der Waals surface area contributed by atoms with Gasteiger partial charge in [-0.05, 0) is 98.4 Å². The molecule has 67 heavy (non-hydrogen) atoms. The number of aryl methyl sites for hydroxylation is 6. The molecule has 7 heteroatoms. The fraction of sp³-hybridized carbons (Fsp3) is 0.167. The zero-order valence-electron chi connectivity index (χ0n) is 39.1. The van der Waals surface area contributed by atoms with Gasteiger partial charge in [-0.2, -0.15) is 25.7 Å². The minimum atomic E-state index is 0. The normalized spacial score (nSPS) is 20.7. The summed E-state index contributed by atoms with van der Waals surface area (Å²) in [6.45, 7) is 17.7. The van der Waals surface area contributed by atoms with E-state index < -0.39 is 0 Å². The van der Waals surface area contributed by atoms with Crippen LogP contribution in [0.4, 0.5) is 11.4 Å². The van der Waals surface area contributed by atoms with Gasteiger partial charge in [-0.25, -0.2) is 0 Å². The van der Waals surface area contributed by atoms with Crippen LogP contribution in [-0.4, -0.2) is 9.80 Å². The maximum atomic E-state index is 4.58. The van der Waals surface area contributed by atoms with Gasteiger partial charge in [0.25, 0.3) is 0 Å². The van der Waals surface area contributed by atoms with Crippen LogP contribution in [0.1, 0.15) is 79.8 Å². The largest absolute Gasteiger partial charge is 4.00 e. The van der Waals surface area contributed by atoms with Crippen molar-refractivity contribution in [1.82, 2.24) is 9.80 Å². The molecule has 336 valence electrons. The molecule has 0 amide bonds. The molecule has 0 saturated carbocycles. The predicted molar refractivity (Wildman–Crippen MR) is 275 cm³/mol. The molecule has 4 aliphatic rings. The van der Waals surface area contributed by atoms with Crippen LogP contribution in [0.15, 0.2) is 218 Å². The summed E-state index contributed by atoms with van der Waals surface area (Å²) in [7, 11) is 0. The molecule has 2 fully saturated rings. The maximum absolute atomic E-state index is 4.58. The third-order valence-electron chi connectivity index (χ3n) is 12.6. The first-order valence-corrected chi connectivity index (χ1v) is 22.9. The minimum absolute atomic E-state index is 0. The maximum Gasteiger partial charge on any atom is 4.00 e. The SMILES string of the molecule is Cc1cc(C)c(N2[CH-]N(/C=C3/C=CC=C[N-]3)[C@H](c3ccccc3)[C@H]2c2ccccc2)c(C)c1.Cc1cc(C)c(N2[CH-]N(/C=C3/C=CC=C[N-]3)[C@H](c3ccccc3)[C@H]2c2ccccc2)c(C)c1.[Fe+4]. The minimum Gasteiger partial charge on any atom is -0.663 e. The van der Waals surface area contributed by atoms with E-state index in [4.69, 9.17) is 0 Å². The number of anilines is 2. The van der Waals surface area contributed by atoms with Crippen LogP contribution < -0.4 is 9.80 Å². The summed E-state index contributed by atoms with van der Waals surface area (Å²) in [5, 5.41) is 9.15. The van der Waals surface area contributed by atoms with Crippen LogP contribution >= 0.6 is 0 Å². The molecule has 0 bridgehead atoms. The third kappa shape index (κ3) is 10.2. The summed E-state index contributed by atoms with van der Waals surface area (Å²) < 4.78 is 0. The quantitative estimate of drug-likeness (QED) is 0.113. The van der Waals surface area contributed by atoms with Gasteiger partial charge in [0.05, 0.1) is 12.1 Å². The second kappa shape index (κ2) is 21.1. The van der Waals surface area contributed by atoms with Crippen molar-refractivity contribution in [1.29, 1.82) is 0 Å². The fourth-order valence-electron chi connectivity index (χ4n) is 10.2. The summed E-state index contributed by atoms with van der Waals surface area (Å²) in [5.74, 6) is 0. The van der Waals surface area contributed by atoms with E-state index in [1.807, 2.05) is 36.7 Å². The van der Waals surface area contributed by atoms with Crippen molar-refractivity contribution in [2.24, 2.45) is 0 Å². The topological polar surface area (TPSA) is 41.2 Å². The van der Waals surface area contributed by atoms with Gasteiger partial charge in [-0.1, -0.05) is 193 Å². The van der Waals surface area contributed by atoms with Crippen LogP contribution in [0.2, 0.25) is 0 Å². The fourth-order valence-corrected chi connectivity index (χ4v) is 10.2. The first-order valence-electron chi connectivity index (χ1n) is 22.9. The molecular weight excluding hydrogens is 861 g/mol. The molecule has 0 N–H and O–H groups in total. The van der Waals surface area contributed by atoms with E-state index in [-0.39, 0.29) is 41.2 Å². The second-order valence-corrected chi connectivity index (χ2v) is 17.6. The first kappa shape index (κ1) is 46.6. The van der Waals surface area contributed by atoms with Gasteiger partial charge in [0.1, 0.15) is 0 Å². The number of benzene rings is 6. The zero-order valence-corrected chi connectivity index (χ0v) is 40.2. The molecule has 4 aliphatic heterocycles. The van der Waals surface area contributed by atoms with Gasteiger partial charge in [-0.3, -0.25) is 0 Å². The second-order valence-electron chi connectivity index (χ2n) is 17.6. The van der Waals surface area contributed by atoms with Crippen molar-refractivity contribution in [3.63, 3.8) is 0 Å². The molecule has 6 aromatic rings. The molecule has 0 aromatic heterocycles. The molecule has 10 rings (SSSR count). The summed E-state index contributed by atoms with van der Waals surface area (Å²) in [6.07, 6.45) is 20.1. The van der Waals surface area contributed by atoms with Crippen LogP contribution in [-0.2, 0) is 17.1 Å². The van der Waals surface area contributed by atoms with Crippen molar-refractivity contribution in [2.75, 3.05) is 9.80 Å². The Labute approximate surface area is 409 Å².